The minimum absolute atomic E-state index is 0.0819. The first kappa shape index (κ1) is 26.6. The average molecular weight is 534 g/mol. The summed E-state index contributed by atoms with van der Waals surface area (Å²) in [6, 6.07) is 16.9. The van der Waals surface area contributed by atoms with Crippen molar-refractivity contribution in [2.45, 2.75) is 12.1 Å². The number of allylic oxidation sites excluding steroid dienone is 1. The van der Waals surface area contributed by atoms with Crippen molar-refractivity contribution in [3.63, 3.8) is 0 Å². The molecule has 0 aliphatic heterocycles. The van der Waals surface area contributed by atoms with Crippen molar-refractivity contribution in [3.05, 3.63) is 72.2 Å². The number of methoxy groups -OCH3 is 3. The number of furan rings is 1. The van der Waals surface area contributed by atoms with Crippen LogP contribution in [0.4, 0.5) is 0 Å². The van der Waals surface area contributed by atoms with Crippen molar-refractivity contribution >= 4 is 30.0 Å². The van der Waals surface area contributed by atoms with Crippen LogP contribution in [-0.2, 0) is 4.79 Å². The first-order valence-corrected chi connectivity index (χ1v) is 12.5. The van der Waals surface area contributed by atoms with Crippen molar-refractivity contribution in [2.75, 3.05) is 27.1 Å². The Bertz CT molecular complexity index is 1410. The van der Waals surface area contributed by atoms with Gasteiger partial charge in [-0.1, -0.05) is 30.0 Å². The fourth-order valence-electron chi connectivity index (χ4n) is 3.57. The van der Waals surface area contributed by atoms with Gasteiger partial charge in [-0.15, -0.1) is 10.2 Å². The lowest BCUT2D eigenvalue weighted by Gasteiger charge is -2.15. The lowest BCUT2D eigenvalue weighted by Crippen LogP contribution is -2.20. The summed E-state index contributed by atoms with van der Waals surface area (Å²) in [5.74, 6) is 2.52. The zero-order valence-corrected chi connectivity index (χ0v) is 22.2. The van der Waals surface area contributed by atoms with E-state index in [1.54, 1.807) is 52.0 Å². The van der Waals surface area contributed by atoms with Gasteiger partial charge in [0.05, 0.1) is 39.6 Å². The summed E-state index contributed by atoms with van der Waals surface area (Å²) < 4.78 is 23.6. The minimum atomic E-state index is -0.283. The van der Waals surface area contributed by atoms with E-state index in [1.165, 1.54) is 11.8 Å². The molecular weight excluding hydrogens is 506 g/mol. The monoisotopic (exact) mass is 533 g/mol. The van der Waals surface area contributed by atoms with Crippen molar-refractivity contribution in [2.24, 2.45) is 5.10 Å². The number of carbonyl (C=O) groups excluding carboxylic acids is 1. The highest BCUT2D eigenvalue weighted by Crippen LogP contribution is 2.41. The molecule has 0 radical (unpaired) electrons. The summed E-state index contributed by atoms with van der Waals surface area (Å²) in [6.45, 7) is 1.86. The van der Waals surface area contributed by atoms with Gasteiger partial charge in [-0.3, -0.25) is 9.36 Å². The Morgan fingerprint density at radius 3 is 2.42 bits per heavy atom. The molecule has 0 aliphatic rings. The predicted molar refractivity (Wildman–Crippen MR) is 146 cm³/mol. The summed E-state index contributed by atoms with van der Waals surface area (Å²) in [4.78, 5) is 12.5. The second-order valence-corrected chi connectivity index (χ2v) is 8.82. The molecule has 196 valence electrons. The molecule has 4 aromatic rings. The van der Waals surface area contributed by atoms with Gasteiger partial charge in [0.15, 0.2) is 22.5 Å². The fraction of sp³-hybridized carbons (Fsp3) is 0.185. The van der Waals surface area contributed by atoms with Gasteiger partial charge < -0.3 is 18.6 Å². The molecule has 0 unspecified atom stereocenters. The number of nitrogens with zero attached hydrogens (tertiary/aromatic N) is 4. The second-order valence-electron chi connectivity index (χ2n) is 7.88. The Morgan fingerprint density at radius 1 is 1.05 bits per heavy atom. The molecule has 0 bridgehead atoms. The molecular formula is C27H27N5O5S. The Labute approximate surface area is 224 Å². The first-order valence-electron chi connectivity index (χ1n) is 11.5. The Morgan fingerprint density at radius 2 is 1.79 bits per heavy atom. The second kappa shape index (κ2) is 12.6. The third-order valence-electron chi connectivity index (χ3n) is 5.27. The molecule has 0 saturated heterocycles. The van der Waals surface area contributed by atoms with E-state index in [2.05, 4.69) is 20.7 Å². The number of carbonyl (C=O) groups is 1. The summed E-state index contributed by atoms with van der Waals surface area (Å²) in [7, 11) is 4.66. The van der Waals surface area contributed by atoms with E-state index >= 15 is 0 Å². The highest BCUT2D eigenvalue weighted by molar-refractivity contribution is 7.99. The van der Waals surface area contributed by atoms with Gasteiger partial charge in [0.2, 0.25) is 5.75 Å². The Kier molecular flexibility index (Phi) is 8.83. The van der Waals surface area contributed by atoms with E-state index in [0.717, 1.165) is 11.3 Å². The molecule has 1 amide bonds. The van der Waals surface area contributed by atoms with Crippen molar-refractivity contribution in [3.8, 4) is 34.3 Å². The SMILES string of the molecule is COc1cc(-c2nnc(SCC(=O)N/N=C\C(C)=C\c3ccco3)n2-c2ccccc2)cc(OC)c1OC. The number of aromatic nitrogens is 3. The summed E-state index contributed by atoms with van der Waals surface area (Å²) >= 11 is 1.24. The molecule has 2 heterocycles. The maximum Gasteiger partial charge on any atom is 0.250 e. The molecule has 2 aromatic heterocycles. The third-order valence-corrected chi connectivity index (χ3v) is 6.20. The minimum Gasteiger partial charge on any atom is -0.493 e. The van der Waals surface area contributed by atoms with Gasteiger partial charge in [0.1, 0.15) is 5.76 Å². The average Bonchev–Trinajstić information content (AvgIpc) is 3.61. The van der Waals surface area contributed by atoms with Crippen molar-refractivity contribution in [1.29, 1.82) is 0 Å². The van der Waals surface area contributed by atoms with E-state index < -0.39 is 0 Å². The first-order chi connectivity index (χ1) is 18.5. The highest BCUT2D eigenvalue weighted by Gasteiger charge is 2.21. The third kappa shape index (κ3) is 6.24. The van der Waals surface area contributed by atoms with Gasteiger partial charge in [0.25, 0.3) is 5.91 Å². The maximum absolute atomic E-state index is 12.5. The van der Waals surface area contributed by atoms with E-state index in [4.69, 9.17) is 18.6 Å². The number of rotatable bonds is 11. The van der Waals surface area contributed by atoms with Crippen LogP contribution in [-0.4, -0.2) is 54.0 Å². The van der Waals surface area contributed by atoms with Crippen LogP contribution in [0.3, 0.4) is 0 Å². The smallest absolute Gasteiger partial charge is 0.250 e. The van der Waals surface area contributed by atoms with E-state index in [-0.39, 0.29) is 11.7 Å². The lowest BCUT2D eigenvalue weighted by molar-refractivity contribution is -0.118. The molecule has 2 aromatic carbocycles. The van der Waals surface area contributed by atoms with Gasteiger partial charge in [-0.25, -0.2) is 5.43 Å². The molecule has 0 fully saturated rings. The van der Waals surface area contributed by atoms with Crippen LogP contribution >= 0.6 is 11.8 Å². The summed E-state index contributed by atoms with van der Waals surface area (Å²) in [5.41, 5.74) is 4.90. The number of amides is 1. The topological polar surface area (TPSA) is 113 Å². The zero-order chi connectivity index (χ0) is 26.9. The maximum atomic E-state index is 12.5. The molecule has 0 spiro atoms. The number of hydrogen-bond donors (Lipinski definition) is 1. The van der Waals surface area contributed by atoms with Gasteiger partial charge in [0, 0.05) is 11.3 Å². The van der Waals surface area contributed by atoms with E-state index in [9.17, 15) is 4.79 Å². The zero-order valence-electron chi connectivity index (χ0n) is 21.4. The van der Waals surface area contributed by atoms with Crippen molar-refractivity contribution in [1.82, 2.24) is 20.2 Å². The van der Waals surface area contributed by atoms with Gasteiger partial charge >= 0.3 is 0 Å². The van der Waals surface area contributed by atoms with Crippen molar-refractivity contribution < 1.29 is 23.4 Å². The van der Waals surface area contributed by atoms with E-state index in [0.29, 0.717) is 39.6 Å². The van der Waals surface area contributed by atoms with Crippen LogP contribution in [0.5, 0.6) is 17.2 Å². The normalized spacial score (nSPS) is 11.5. The van der Waals surface area contributed by atoms with Gasteiger partial charge in [-0.05, 0) is 55.0 Å². The number of benzene rings is 2. The van der Waals surface area contributed by atoms with Crippen LogP contribution in [0.2, 0.25) is 0 Å². The molecule has 11 heteroatoms. The number of hydrogen-bond acceptors (Lipinski definition) is 9. The fourth-order valence-corrected chi connectivity index (χ4v) is 4.32. The van der Waals surface area contributed by atoms with Crippen LogP contribution in [0.15, 0.2) is 81.1 Å². The number of nitrogens with one attached hydrogen (secondary N) is 1. The highest BCUT2D eigenvalue weighted by atomic mass is 32.2. The number of hydrazone groups is 1. The molecule has 4 rings (SSSR count). The predicted octanol–water partition coefficient (Wildman–Crippen LogP) is 4.85. The Balaban J connectivity index is 1.56. The van der Waals surface area contributed by atoms with E-state index in [1.807, 2.05) is 54.0 Å². The van der Waals surface area contributed by atoms with Crippen LogP contribution in [0, 0.1) is 0 Å². The Hall–Kier alpha value is -4.51. The number of ether oxygens (including phenoxy) is 3. The van der Waals surface area contributed by atoms with Gasteiger partial charge in [-0.2, -0.15) is 5.10 Å². The van der Waals surface area contributed by atoms with Crippen LogP contribution in [0.1, 0.15) is 12.7 Å². The summed E-state index contributed by atoms with van der Waals surface area (Å²) in [6.07, 6.45) is 4.97. The lowest BCUT2D eigenvalue weighted by atomic mass is 10.1. The van der Waals surface area contributed by atoms with Crippen LogP contribution < -0.4 is 19.6 Å². The quantitative estimate of drug-likeness (QED) is 0.165. The largest absolute Gasteiger partial charge is 0.493 e. The number of para-hydroxylation sites is 1. The molecule has 38 heavy (non-hydrogen) atoms. The molecule has 0 atom stereocenters. The molecule has 0 aliphatic carbocycles. The molecule has 1 N–H and O–H groups in total. The van der Waals surface area contributed by atoms with Crippen LogP contribution in [0.25, 0.3) is 23.2 Å². The molecule has 10 nitrogen and oxygen atoms in total. The summed E-state index contributed by atoms with van der Waals surface area (Å²) in [5, 5.41) is 13.4. The standard InChI is InChI=1S/C27H27N5O5S/c1-18(13-21-11-8-12-37-21)16-28-29-24(33)17-38-27-31-30-26(32(27)20-9-6-5-7-10-20)19-14-22(34-2)25(36-4)23(15-19)35-3/h5-16H,17H2,1-4H3,(H,29,33)/b18-13+,28-16-. The number of thioether (sulfide) groups is 1. The molecule has 0 saturated carbocycles.